The standard InChI is InChI=1S/C16H19FN2OS/c1-10-7-15(12(3)21-10)11(2)18-9-16(20)19-14-6-4-5-13(17)8-14/h4-8,11,18H,9H2,1-3H3,(H,19,20). The Kier molecular flexibility index (Phi) is 5.09. The molecular formula is C16H19FN2OS. The summed E-state index contributed by atoms with van der Waals surface area (Å²) in [6.45, 7) is 6.37. The fourth-order valence-electron chi connectivity index (χ4n) is 2.21. The van der Waals surface area contributed by atoms with E-state index >= 15 is 0 Å². The maximum atomic E-state index is 13.0. The predicted octanol–water partition coefficient (Wildman–Crippen LogP) is 3.79. The monoisotopic (exact) mass is 306 g/mol. The minimum absolute atomic E-state index is 0.105. The van der Waals surface area contributed by atoms with E-state index in [4.69, 9.17) is 0 Å². The van der Waals surface area contributed by atoms with E-state index in [1.54, 1.807) is 23.5 Å². The zero-order chi connectivity index (χ0) is 15.4. The third-order valence-electron chi connectivity index (χ3n) is 3.22. The highest BCUT2D eigenvalue weighted by molar-refractivity contribution is 7.12. The van der Waals surface area contributed by atoms with Crippen molar-refractivity contribution in [1.29, 1.82) is 0 Å². The van der Waals surface area contributed by atoms with Crippen molar-refractivity contribution >= 4 is 22.9 Å². The highest BCUT2D eigenvalue weighted by Crippen LogP contribution is 2.25. The minimum Gasteiger partial charge on any atom is -0.325 e. The molecule has 1 aromatic carbocycles. The summed E-state index contributed by atoms with van der Waals surface area (Å²) in [5, 5.41) is 5.86. The first-order valence-electron chi connectivity index (χ1n) is 6.81. The van der Waals surface area contributed by atoms with Crippen molar-refractivity contribution in [2.75, 3.05) is 11.9 Å². The topological polar surface area (TPSA) is 41.1 Å². The van der Waals surface area contributed by atoms with Crippen LogP contribution in [-0.4, -0.2) is 12.5 Å². The second-order valence-electron chi connectivity index (χ2n) is 5.03. The van der Waals surface area contributed by atoms with Crippen LogP contribution in [0.5, 0.6) is 0 Å². The highest BCUT2D eigenvalue weighted by atomic mass is 32.1. The molecule has 1 heterocycles. The number of benzene rings is 1. The van der Waals surface area contributed by atoms with E-state index in [-0.39, 0.29) is 24.3 Å². The molecule has 0 radical (unpaired) electrons. The van der Waals surface area contributed by atoms with E-state index in [0.29, 0.717) is 5.69 Å². The molecule has 1 amide bonds. The normalized spacial score (nSPS) is 12.2. The number of nitrogens with one attached hydrogen (secondary N) is 2. The SMILES string of the molecule is Cc1cc(C(C)NCC(=O)Nc2cccc(F)c2)c(C)s1. The number of hydrogen-bond acceptors (Lipinski definition) is 3. The number of amides is 1. The second-order valence-corrected chi connectivity index (χ2v) is 6.49. The Bertz CT molecular complexity index is 639. The molecule has 112 valence electrons. The summed E-state index contributed by atoms with van der Waals surface area (Å²) in [4.78, 5) is 14.4. The summed E-state index contributed by atoms with van der Waals surface area (Å²) in [5.41, 5.74) is 1.69. The summed E-state index contributed by atoms with van der Waals surface area (Å²) >= 11 is 1.75. The van der Waals surface area contributed by atoms with Crippen molar-refractivity contribution in [2.45, 2.75) is 26.8 Å². The van der Waals surface area contributed by atoms with Crippen molar-refractivity contribution in [2.24, 2.45) is 0 Å². The fourth-order valence-corrected chi connectivity index (χ4v) is 3.23. The van der Waals surface area contributed by atoms with Crippen LogP contribution in [0, 0.1) is 19.7 Å². The summed E-state index contributed by atoms with van der Waals surface area (Å²) in [6.07, 6.45) is 0. The molecule has 0 bridgehead atoms. The third kappa shape index (κ3) is 4.37. The third-order valence-corrected chi connectivity index (χ3v) is 4.20. The molecule has 21 heavy (non-hydrogen) atoms. The Hall–Kier alpha value is -1.72. The van der Waals surface area contributed by atoms with Crippen molar-refractivity contribution in [3.05, 3.63) is 51.5 Å². The number of carbonyl (C=O) groups is 1. The molecule has 2 N–H and O–H groups in total. The lowest BCUT2D eigenvalue weighted by molar-refractivity contribution is -0.115. The smallest absolute Gasteiger partial charge is 0.238 e. The molecule has 0 aliphatic carbocycles. The van der Waals surface area contributed by atoms with Crippen LogP contribution in [0.3, 0.4) is 0 Å². The second kappa shape index (κ2) is 6.83. The van der Waals surface area contributed by atoms with Crippen LogP contribution in [0.4, 0.5) is 10.1 Å². The number of anilines is 1. The van der Waals surface area contributed by atoms with Crippen molar-refractivity contribution in [3.63, 3.8) is 0 Å². The molecule has 1 aromatic heterocycles. The Morgan fingerprint density at radius 2 is 2.10 bits per heavy atom. The van der Waals surface area contributed by atoms with Crippen LogP contribution < -0.4 is 10.6 Å². The first kappa shape index (κ1) is 15.7. The van der Waals surface area contributed by atoms with Gasteiger partial charge in [-0.05, 0) is 50.6 Å². The Morgan fingerprint density at radius 3 is 2.71 bits per heavy atom. The van der Waals surface area contributed by atoms with Gasteiger partial charge in [0.1, 0.15) is 5.82 Å². The Balaban J connectivity index is 1.88. The van der Waals surface area contributed by atoms with Gasteiger partial charge in [0.25, 0.3) is 0 Å². The Labute approximate surface area is 128 Å². The zero-order valence-electron chi connectivity index (χ0n) is 12.4. The van der Waals surface area contributed by atoms with Gasteiger partial charge in [-0.3, -0.25) is 4.79 Å². The molecular weight excluding hydrogens is 287 g/mol. The fraction of sp³-hybridized carbons (Fsp3) is 0.312. The van der Waals surface area contributed by atoms with Gasteiger partial charge < -0.3 is 10.6 Å². The number of rotatable bonds is 5. The molecule has 0 aliphatic heterocycles. The van der Waals surface area contributed by atoms with Crippen LogP contribution in [0.15, 0.2) is 30.3 Å². The largest absolute Gasteiger partial charge is 0.325 e. The molecule has 0 saturated carbocycles. The van der Waals surface area contributed by atoms with Crippen molar-refractivity contribution in [3.8, 4) is 0 Å². The molecule has 0 saturated heterocycles. The molecule has 0 fully saturated rings. The number of aryl methyl sites for hydroxylation is 2. The molecule has 3 nitrogen and oxygen atoms in total. The van der Waals surface area contributed by atoms with Gasteiger partial charge in [0.15, 0.2) is 0 Å². The van der Waals surface area contributed by atoms with Crippen molar-refractivity contribution in [1.82, 2.24) is 5.32 Å². The van der Waals surface area contributed by atoms with Crippen molar-refractivity contribution < 1.29 is 9.18 Å². The molecule has 2 aromatic rings. The van der Waals surface area contributed by atoms with Gasteiger partial charge in [0.05, 0.1) is 6.54 Å². The highest BCUT2D eigenvalue weighted by Gasteiger charge is 2.12. The van der Waals surface area contributed by atoms with Crippen LogP contribution in [0.2, 0.25) is 0 Å². The summed E-state index contributed by atoms with van der Waals surface area (Å²) in [5.74, 6) is -0.546. The number of halogens is 1. The predicted molar refractivity (Wildman–Crippen MR) is 85.2 cm³/mol. The van der Waals surface area contributed by atoms with Crippen LogP contribution in [0.1, 0.15) is 28.3 Å². The number of hydrogen-bond donors (Lipinski definition) is 2. The average molecular weight is 306 g/mol. The van der Waals surface area contributed by atoms with E-state index in [1.165, 1.54) is 27.5 Å². The molecule has 2 rings (SSSR count). The van der Waals surface area contributed by atoms with E-state index < -0.39 is 0 Å². The van der Waals surface area contributed by atoms with Crippen LogP contribution >= 0.6 is 11.3 Å². The van der Waals surface area contributed by atoms with Crippen LogP contribution in [0.25, 0.3) is 0 Å². The van der Waals surface area contributed by atoms with Gasteiger partial charge in [0.2, 0.25) is 5.91 Å². The molecule has 1 unspecified atom stereocenters. The lowest BCUT2D eigenvalue weighted by Crippen LogP contribution is -2.30. The van der Waals surface area contributed by atoms with Gasteiger partial charge in [-0.25, -0.2) is 4.39 Å². The number of carbonyl (C=O) groups excluding carboxylic acids is 1. The average Bonchev–Trinajstić information content (AvgIpc) is 2.75. The molecule has 5 heteroatoms. The summed E-state index contributed by atoms with van der Waals surface area (Å²) in [7, 11) is 0. The quantitative estimate of drug-likeness (QED) is 0.882. The van der Waals surface area contributed by atoms with Gasteiger partial charge >= 0.3 is 0 Å². The summed E-state index contributed by atoms with van der Waals surface area (Å²) < 4.78 is 13.0. The first-order chi connectivity index (χ1) is 9.95. The lowest BCUT2D eigenvalue weighted by atomic mass is 10.1. The van der Waals surface area contributed by atoms with E-state index in [1.807, 2.05) is 6.92 Å². The number of thiophene rings is 1. The Morgan fingerprint density at radius 1 is 1.33 bits per heavy atom. The van der Waals surface area contributed by atoms with E-state index in [2.05, 4.69) is 30.5 Å². The maximum absolute atomic E-state index is 13.0. The van der Waals surface area contributed by atoms with Crippen LogP contribution in [-0.2, 0) is 4.79 Å². The first-order valence-corrected chi connectivity index (χ1v) is 7.63. The minimum atomic E-state index is -0.362. The summed E-state index contributed by atoms with van der Waals surface area (Å²) in [6, 6.07) is 8.12. The van der Waals surface area contributed by atoms with E-state index in [0.717, 1.165) is 0 Å². The molecule has 0 spiro atoms. The van der Waals surface area contributed by atoms with Gasteiger partial charge in [0, 0.05) is 21.5 Å². The van der Waals surface area contributed by atoms with Gasteiger partial charge in [-0.1, -0.05) is 6.07 Å². The van der Waals surface area contributed by atoms with E-state index in [9.17, 15) is 9.18 Å². The zero-order valence-corrected chi connectivity index (χ0v) is 13.2. The lowest BCUT2D eigenvalue weighted by Gasteiger charge is -2.14. The molecule has 0 aliphatic rings. The van der Waals surface area contributed by atoms with Gasteiger partial charge in [-0.2, -0.15) is 0 Å². The molecule has 1 atom stereocenters. The maximum Gasteiger partial charge on any atom is 0.238 e. The van der Waals surface area contributed by atoms with Gasteiger partial charge in [-0.15, -0.1) is 11.3 Å².